The highest BCUT2D eigenvalue weighted by Gasteiger charge is 2.35. The van der Waals surface area contributed by atoms with E-state index in [0.29, 0.717) is 11.0 Å². The zero-order valence-electron chi connectivity index (χ0n) is 31.5. The molecule has 9 aromatic rings. The van der Waals surface area contributed by atoms with Crippen molar-refractivity contribution in [2.75, 3.05) is 0 Å². The predicted molar refractivity (Wildman–Crippen MR) is 232 cm³/mol. The molecule has 0 amide bonds. The first-order valence-corrected chi connectivity index (χ1v) is 19.5. The molecule has 1 aliphatic rings. The first-order valence-electron chi connectivity index (χ1n) is 19.5. The molecule has 56 heavy (non-hydrogen) atoms. The molecule has 10 rings (SSSR count). The molecule has 1 aromatic heterocycles. The van der Waals surface area contributed by atoms with Crippen LogP contribution in [0.25, 0.3) is 66.2 Å². The Hall–Kier alpha value is -6.77. The van der Waals surface area contributed by atoms with Gasteiger partial charge in [0.15, 0.2) is 0 Å². The molecule has 1 atom stereocenters. The lowest BCUT2D eigenvalue weighted by molar-refractivity contribution is 0.569. The Labute approximate surface area is 327 Å². The molecule has 8 aromatic carbocycles. The molecule has 0 fully saturated rings. The summed E-state index contributed by atoms with van der Waals surface area (Å²) in [6, 6.07) is 67.5. The van der Waals surface area contributed by atoms with Crippen LogP contribution in [-0.2, 0) is 11.8 Å². The molecular weight excluding hydrogens is 681 g/mol. The molecule has 268 valence electrons. The first-order chi connectivity index (χ1) is 27.4. The van der Waals surface area contributed by atoms with Gasteiger partial charge in [-0.2, -0.15) is 0 Å². The summed E-state index contributed by atoms with van der Waals surface area (Å²) in [5, 5.41) is 2.44. The molecule has 1 unspecified atom stereocenters. The van der Waals surface area contributed by atoms with Gasteiger partial charge in [-0.05, 0) is 108 Å². The number of benzene rings is 8. The fourth-order valence-electron chi connectivity index (χ4n) is 9.03. The van der Waals surface area contributed by atoms with Crippen LogP contribution >= 0.6 is 0 Å². The summed E-state index contributed by atoms with van der Waals surface area (Å²) in [7, 11) is 0. The summed E-state index contributed by atoms with van der Waals surface area (Å²) in [4.78, 5) is 12.7. The van der Waals surface area contributed by atoms with Crippen LogP contribution < -0.4 is 5.63 Å². The molecular formula is C54H40O2. The number of hydrogen-bond donors (Lipinski definition) is 0. The van der Waals surface area contributed by atoms with Crippen LogP contribution in [0.2, 0.25) is 0 Å². The molecule has 2 heteroatoms. The van der Waals surface area contributed by atoms with E-state index in [1.807, 2.05) is 36.4 Å². The van der Waals surface area contributed by atoms with Crippen LogP contribution in [0.3, 0.4) is 0 Å². The van der Waals surface area contributed by atoms with Crippen molar-refractivity contribution in [2.45, 2.75) is 31.6 Å². The lowest BCUT2D eigenvalue weighted by Crippen LogP contribution is -2.15. The third-order valence-corrected chi connectivity index (χ3v) is 12.0. The highest BCUT2D eigenvalue weighted by Crippen LogP contribution is 2.49. The van der Waals surface area contributed by atoms with E-state index in [0.717, 1.165) is 28.3 Å². The van der Waals surface area contributed by atoms with Gasteiger partial charge in [-0.3, -0.25) is 0 Å². The monoisotopic (exact) mass is 720 g/mol. The largest absolute Gasteiger partial charge is 0.422 e. The average molecular weight is 721 g/mol. The van der Waals surface area contributed by atoms with Crippen LogP contribution in [0.5, 0.6) is 0 Å². The molecule has 0 aliphatic heterocycles. The Morgan fingerprint density at radius 1 is 0.464 bits per heavy atom. The Morgan fingerprint density at radius 3 is 1.84 bits per heavy atom. The van der Waals surface area contributed by atoms with Crippen LogP contribution in [0.15, 0.2) is 197 Å². The van der Waals surface area contributed by atoms with Gasteiger partial charge in [0.05, 0.1) is 5.39 Å². The second-order valence-corrected chi connectivity index (χ2v) is 15.6. The fraction of sp³-hybridized carbons (Fsp3) is 0.0926. The Balaban J connectivity index is 1.12. The molecule has 0 N–H and O–H groups in total. The third kappa shape index (κ3) is 5.77. The highest BCUT2D eigenvalue weighted by atomic mass is 16.4. The zero-order chi connectivity index (χ0) is 37.8. The van der Waals surface area contributed by atoms with Crippen molar-refractivity contribution in [1.82, 2.24) is 0 Å². The molecule has 0 saturated heterocycles. The standard InChI is InChI=1S/C54H40O2/c1-54(2)50-20-12-11-18-44(50)45-28-21-35(32-51(45)54)31-47(48-33-40(36-13-5-3-6-14-36)26-29-42(48)38-15-7-4-8-16-38)39-24-22-37(23-25-39)41-27-30-52-49(34-41)43-17-9-10-19-46(43)53(55)56-52/h3-30,32-34,47H,31H2,1-2H3. The Kier molecular flexibility index (Phi) is 8.15. The second kappa shape index (κ2) is 13.5. The van der Waals surface area contributed by atoms with E-state index < -0.39 is 0 Å². The molecule has 1 heterocycles. The lowest BCUT2D eigenvalue weighted by Gasteiger charge is -2.25. The van der Waals surface area contributed by atoms with E-state index in [9.17, 15) is 4.79 Å². The smallest absolute Gasteiger partial charge is 0.344 e. The van der Waals surface area contributed by atoms with Gasteiger partial charge >= 0.3 is 5.63 Å². The van der Waals surface area contributed by atoms with Gasteiger partial charge in [-0.25, -0.2) is 4.79 Å². The van der Waals surface area contributed by atoms with Gasteiger partial charge in [-0.15, -0.1) is 0 Å². The van der Waals surface area contributed by atoms with E-state index in [-0.39, 0.29) is 17.0 Å². The molecule has 1 aliphatic carbocycles. The Morgan fingerprint density at radius 2 is 1.05 bits per heavy atom. The van der Waals surface area contributed by atoms with Crippen molar-refractivity contribution in [3.63, 3.8) is 0 Å². The van der Waals surface area contributed by atoms with Crippen LogP contribution in [0, 0.1) is 0 Å². The van der Waals surface area contributed by atoms with E-state index in [4.69, 9.17) is 4.42 Å². The molecule has 0 saturated carbocycles. The normalized spacial score (nSPS) is 13.4. The maximum Gasteiger partial charge on any atom is 0.344 e. The van der Waals surface area contributed by atoms with E-state index in [1.54, 1.807) is 0 Å². The van der Waals surface area contributed by atoms with Crippen molar-refractivity contribution in [2.24, 2.45) is 0 Å². The summed E-state index contributed by atoms with van der Waals surface area (Å²) in [5.41, 5.74) is 16.7. The van der Waals surface area contributed by atoms with Crippen molar-refractivity contribution in [3.05, 3.63) is 226 Å². The number of fused-ring (bicyclic) bond motifs is 6. The maximum atomic E-state index is 12.7. The summed E-state index contributed by atoms with van der Waals surface area (Å²) in [6.07, 6.45) is 0.845. The minimum atomic E-state index is -0.307. The molecule has 2 nitrogen and oxygen atoms in total. The number of hydrogen-bond acceptors (Lipinski definition) is 2. The van der Waals surface area contributed by atoms with Gasteiger partial charge in [-0.1, -0.05) is 178 Å². The zero-order valence-corrected chi connectivity index (χ0v) is 31.5. The molecule has 0 spiro atoms. The minimum absolute atomic E-state index is 0.0719. The van der Waals surface area contributed by atoms with Gasteiger partial charge in [0.1, 0.15) is 5.58 Å². The summed E-state index contributed by atoms with van der Waals surface area (Å²) >= 11 is 0. The minimum Gasteiger partial charge on any atom is -0.422 e. The first kappa shape index (κ1) is 33.8. The van der Waals surface area contributed by atoms with E-state index in [1.165, 1.54) is 61.2 Å². The summed E-state index contributed by atoms with van der Waals surface area (Å²) in [6.45, 7) is 4.72. The van der Waals surface area contributed by atoms with Crippen molar-refractivity contribution in [3.8, 4) is 44.5 Å². The van der Waals surface area contributed by atoms with Crippen LogP contribution in [0.1, 0.15) is 47.6 Å². The highest BCUT2D eigenvalue weighted by molar-refractivity contribution is 6.05. The maximum absolute atomic E-state index is 12.7. The van der Waals surface area contributed by atoms with Gasteiger partial charge in [0, 0.05) is 16.7 Å². The fourth-order valence-corrected chi connectivity index (χ4v) is 9.03. The molecule has 0 bridgehead atoms. The lowest BCUT2D eigenvalue weighted by atomic mass is 9.78. The van der Waals surface area contributed by atoms with Gasteiger partial charge in [0.2, 0.25) is 0 Å². The average Bonchev–Trinajstić information content (AvgIpc) is 3.48. The van der Waals surface area contributed by atoms with Gasteiger partial charge < -0.3 is 4.42 Å². The Bertz CT molecular complexity index is 2970. The SMILES string of the molecule is CC1(C)c2ccccc2-c2ccc(CC(c3ccc(-c4ccc5oc(=O)c6ccccc6c5c4)cc3)c3cc(-c4ccccc4)ccc3-c3ccccc3)cc21. The predicted octanol–water partition coefficient (Wildman–Crippen LogP) is 13.6. The van der Waals surface area contributed by atoms with E-state index in [2.05, 4.69) is 166 Å². The second-order valence-electron chi connectivity index (χ2n) is 15.6. The van der Waals surface area contributed by atoms with E-state index >= 15 is 0 Å². The number of rotatable bonds is 7. The summed E-state index contributed by atoms with van der Waals surface area (Å²) in [5.74, 6) is 0.0719. The van der Waals surface area contributed by atoms with Crippen molar-refractivity contribution >= 4 is 21.7 Å². The topological polar surface area (TPSA) is 30.2 Å². The third-order valence-electron chi connectivity index (χ3n) is 12.0. The van der Waals surface area contributed by atoms with Crippen molar-refractivity contribution in [1.29, 1.82) is 0 Å². The molecule has 0 radical (unpaired) electrons. The summed E-state index contributed by atoms with van der Waals surface area (Å²) < 4.78 is 5.71. The van der Waals surface area contributed by atoms with Crippen LogP contribution in [-0.4, -0.2) is 0 Å². The quantitative estimate of drug-likeness (QED) is 0.121. The van der Waals surface area contributed by atoms with Crippen LogP contribution in [0.4, 0.5) is 0 Å². The van der Waals surface area contributed by atoms with Gasteiger partial charge in [0.25, 0.3) is 0 Å². The van der Waals surface area contributed by atoms with Crippen molar-refractivity contribution < 1.29 is 4.42 Å².